The molecule has 1 aromatic heterocycles. The highest BCUT2D eigenvalue weighted by atomic mass is 35.5. The number of esters is 1. The molecule has 4 rings (SSSR count). The third kappa shape index (κ3) is 4.57. The van der Waals surface area contributed by atoms with Gasteiger partial charge in [0.25, 0.3) is 0 Å². The van der Waals surface area contributed by atoms with Crippen molar-refractivity contribution in [1.82, 2.24) is 4.98 Å². The number of rotatable bonds is 5. The summed E-state index contributed by atoms with van der Waals surface area (Å²) in [5.74, 6) is -0.282. The minimum absolute atomic E-state index is 0.00929. The number of pyridine rings is 1. The van der Waals surface area contributed by atoms with Crippen molar-refractivity contribution in [2.24, 2.45) is 5.92 Å². The van der Waals surface area contributed by atoms with Crippen LogP contribution in [0.15, 0.2) is 54.7 Å². The van der Waals surface area contributed by atoms with E-state index in [0.717, 1.165) is 22.4 Å². The molecule has 33 heavy (non-hydrogen) atoms. The number of nitrogens with one attached hydrogen (secondary N) is 1. The van der Waals surface area contributed by atoms with Crippen molar-refractivity contribution >= 4 is 29.0 Å². The van der Waals surface area contributed by atoms with Crippen molar-refractivity contribution in [1.29, 1.82) is 0 Å². The Balaban J connectivity index is 1.72. The van der Waals surface area contributed by atoms with Crippen molar-refractivity contribution in [3.8, 4) is 5.75 Å². The number of anilines is 1. The largest absolute Gasteiger partial charge is 0.484 e. The molecule has 0 saturated carbocycles. The second kappa shape index (κ2) is 9.24. The minimum Gasteiger partial charge on any atom is -0.484 e. The fourth-order valence-electron chi connectivity index (χ4n) is 4.16. The summed E-state index contributed by atoms with van der Waals surface area (Å²) >= 11 is 5.90. The maximum atomic E-state index is 13.4. The number of carbonyl (C=O) groups is 2. The van der Waals surface area contributed by atoms with Gasteiger partial charge in [-0.3, -0.25) is 4.79 Å². The molecule has 7 heteroatoms. The predicted molar refractivity (Wildman–Crippen MR) is 127 cm³/mol. The Morgan fingerprint density at radius 2 is 2.00 bits per heavy atom. The Kier molecular flexibility index (Phi) is 6.38. The van der Waals surface area contributed by atoms with E-state index in [-0.39, 0.29) is 11.8 Å². The predicted octanol–water partition coefficient (Wildman–Crippen LogP) is 5.96. The summed E-state index contributed by atoms with van der Waals surface area (Å²) in [5.41, 5.74) is 4.38. The van der Waals surface area contributed by atoms with Gasteiger partial charge in [-0.25, -0.2) is 9.78 Å². The number of methoxy groups -OCH3 is 1. The Bertz CT molecular complexity index is 1210. The van der Waals surface area contributed by atoms with Crippen LogP contribution in [0.25, 0.3) is 0 Å². The van der Waals surface area contributed by atoms with Gasteiger partial charge in [-0.2, -0.15) is 0 Å². The van der Waals surface area contributed by atoms with Crippen LogP contribution in [0.2, 0.25) is 5.15 Å². The van der Waals surface area contributed by atoms with Gasteiger partial charge in [0.1, 0.15) is 17.0 Å². The molecule has 170 valence electrons. The first-order valence-electron chi connectivity index (χ1n) is 10.7. The maximum Gasteiger partial charge on any atom is 0.337 e. The number of carbonyl (C=O) groups excluding carboxylic acids is 2. The topological polar surface area (TPSA) is 77.5 Å². The number of hydrogen-bond acceptors (Lipinski definition) is 6. The quantitative estimate of drug-likeness (QED) is 0.371. The highest BCUT2D eigenvalue weighted by molar-refractivity contribution is 6.29. The molecule has 1 N–H and O–H groups in total. The van der Waals surface area contributed by atoms with Crippen LogP contribution in [0.1, 0.15) is 63.4 Å². The van der Waals surface area contributed by atoms with Gasteiger partial charge in [-0.1, -0.05) is 36.7 Å². The Labute approximate surface area is 197 Å². The van der Waals surface area contributed by atoms with Crippen molar-refractivity contribution in [3.63, 3.8) is 0 Å². The molecule has 2 aromatic carbocycles. The summed E-state index contributed by atoms with van der Waals surface area (Å²) in [5, 5.41) is 3.82. The van der Waals surface area contributed by atoms with E-state index in [2.05, 4.69) is 10.3 Å². The highest BCUT2D eigenvalue weighted by Crippen LogP contribution is 2.43. The minimum atomic E-state index is -0.527. The molecule has 3 atom stereocenters. The summed E-state index contributed by atoms with van der Waals surface area (Å²) in [7, 11) is 1.34. The van der Waals surface area contributed by atoms with Gasteiger partial charge in [0.15, 0.2) is 5.78 Å². The normalized spacial score (nSPS) is 18.2. The first-order chi connectivity index (χ1) is 15.8. The van der Waals surface area contributed by atoms with Gasteiger partial charge < -0.3 is 14.8 Å². The lowest BCUT2D eigenvalue weighted by Gasteiger charge is -2.34. The van der Waals surface area contributed by atoms with Gasteiger partial charge in [-0.05, 0) is 55.3 Å². The van der Waals surface area contributed by atoms with Gasteiger partial charge in [0.2, 0.25) is 0 Å². The zero-order valence-corrected chi connectivity index (χ0v) is 19.6. The molecule has 0 bridgehead atoms. The number of ether oxygens (including phenoxy) is 2. The molecule has 0 aliphatic carbocycles. The SMILES string of the molecule is COC(=O)c1cccc(C2Oc3c(cc(C)cc3C(C)Nc3ccc(Cl)nc3)C(=O)C2C)c1. The van der Waals surface area contributed by atoms with Crippen LogP contribution in [0.4, 0.5) is 5.69 Å². The molecular formula is C26H25ClN2O4. The molecule has 1 aliphatic heterocycles. The van der Waals surface area contributed by atoms with Gasteiger partial charge in [0, 0.05) is 5.56 Å². The lowest BCUT2D eigenvalue weighted by Crippen LogP contribution is -2.31. The molecule has 2 heterocycles. The van der Waals surface area contributed by atoms with Gasteiger partial charge in [0.05, 0.1) is 42.1 Å². The van der Waals surface area contributed by atoms with E-state index >= 15 is 0 Å². The standard InChI is InChI=1S/C26H25ClN2O4/c1-14-10-20(16(3)29-19-8-9-22(27)28-13-19)25-21(11-14)23(30)15(2)24(33-25)17-6-5-7-18(12-17)26(31)32-4/h5-13,15-16,24,29H,1-4H3. The molecule has 3 unspecified atom stereocenters. The summed E-state index contributed by atoms with van der Waals surface area (Å²) < 4.78 is 11.3. The number of Topliss-reactive ketones (excluding diaryl/α,β-unsaturated/α-hetero) is 1. The molecule has 3 aromatic rings. The fraction of sp³-hybridized carbons (Fsp3) is 0.269. The monoisotopic (exact) mass is 464 g/mol. The second-order valence-electron chi connectivity index (χ2n) is 8.27. The molecular weight excluding hydrogens is 440 g/mol. The Hall–Kier alpha value is -3.38. The van der Waals surface area contributed by atoms with E-state index in [0.29, 0.717) is 22.0 Å². The second-order valence-corrected chi connectivity index (χ2v) is 8.66. The van der Waals surface area contributed by atoms with Crippen LogP contribution in [0.5, 0.6) is 5.75 Å². The molecule has 6 nitrogen and oxygen atoms in total. The molecule has 0 saturated heterocycles. The average molecular weight is 465 g/mol. The van der Waals surface area contributed by atoms with E-state index in [1.54, 1.807) is 30.5 Å². The summed E-state index contributed by atoms with van der Waals surface area (Å²) in [4.78, 5) is 29.5. The lowest BCUT2D eigenvalue weighted by atomic mass is 9.84. The molecule has 0 spiro atoms. The molecule has 0 radical (unpaired) electrons. The van der Waals surface area contributed by atoms with E-state index in [1.807, 2.05) is 45.0 Å². The number of ketones is 1. The lowest BCUT2D eigenvalue weighted by molar-refractivity contribution is 0.0600. The fourth-order valence-corrected chi connectivity index (χ4v) is 4.27. The van der Waals surface area contributed by atoms with E-state index in [9.17, 15) is 9.59 Å². The summed E-state index contributed by atoms with van der Waals surface area (Å²) in [6.45, 7) is 5.82. The molecule has 0 fully saturated rings. The number of hydrogen-bond donors (Lipinski definition) is 1. The van der Waals surface area contributed by atoms with E-state index in [4.69, 9.17) is 21.1 Å². The zero-order chi connectivity index (χ0) is 23.7. The van der Waals surface area contributed by atoms with Crippen molar-refractivity contribution in [3.05, 3.63) is 87.7 Å². The summed E-state index contributed by atoms with van der Waals surface area (Å²) in [6.07, 6.45) is 1.14. The van der Waals surface area contributed by atoms with Gasteiger partial charge in [-0.15, -0.1) is 0 Å². The van der Waals surface area contributed by atoms with Crippen molar-refractivity contribution in [2.75, 3.05) is 12.4 Å². The highest BCUT2D eigenvalue weighted by Gasteiger charge is 2.37. The summed E-state index contributed by atoms with van der Waals surface area (Å²) in [6, 6.07) is 14.3. The van der Waals surface area contributed by atoms with E-state index in [1.165, 1.54) is 7.11 Å². The van der Waals surface area contributed by atoms with Gasteiger partial charge >= 0.3 is 5.97 Å². The van der Waals surface area contributed by atoms with Crippen LogP contribution in [0, 0.1) is 12.8 Å². The van der Waals surface area contributed by atoms with Crippen LogP contribution >= 0.6 is 11.6 Å². The Morgan fingerprint density at radius 1 is 1.21 bits per heavy atom. The van der Waals surface area contributed by atoms with Crippen LogP contribution in [0.3, 0.4) is 0 Å². The smallest absolute Gasteiger partial charge is 0.337 e. The third-order valence-electron chi connectivity index (χ3n) is 5.85. The van der Waals surface area contributed by atoms with Crippen molar-refractivity contribution in [2.45, 2.75) is 32.9 Å². The number of fused-ring (bicyclic) bond motifs is 1. The van der Waals surface area contributed by atoms with Crippen LogP contribution in [-0.4, -0.2) is 23.8 Å². The zero-order valence-electron chi connectivity index (χ0n) is 18.9. The number of benzene rings is 2. The molecule has 0 amide bonds. The number of halogens is 1. The van der Waals surface area contributed by atoms with Crippen molar-refractivity contribution < 1.29 is 19.1 Å². The first-order valence-corrected chi connectivity index (χ1v) is 11.1. The number of aryl methyl sites for hydroxylation is 1. The van der Waals surface area contributed by atoms with Crippen LogP contribution in [-0.2, 0) is 4.74 Å². The third-order valence-corrected chi connectivity index (χ3v) is 6.08. The maximum absolute atomic E-state index is 13.4. The van der Waals surface area contributed by atoms with Crippen LogP contribution < -0.4 is 10.1 Å². The number of aromatic nitrogens is 1. The first kappa shape index (κ1) is 22.8. The number of nitrogens with zero attached hydrogens (tertiary/aromatic N) is 1. The average Bonchev–Trinajstić information content (AvgIpc) is 2.82. The molecule has 1 aliphatic rings. The Morgan fingerprint density at radius 3 is 2.70 bits per heavy atom. The van der Waals surface area contributed by atoms with E-state index < -0.39 is 18.0 Å².